The van der Waals surface area contributed by atoms with Gasteiger partial charge in [-0.1, -0.05) is 126 Å². The van der Waals surface area contributed by atoms with Gasteiger partial charge in [-0.3, -0.25) is 4.79 Å². The highest BCUT2D eigenvalue weighted by atomic mass is 16.7. The van der Waals surface area contributed by atoms with Crippen molar-refractivity contribution in [2.45, 2.75) is 161 Å². The van der Waals surface area contributed by atoms with E-state index in [0.717, 1.165) is 73.8 Å². The largest absolute Gasteiger partial charge is 0.459 e. The van der Waals surface area contributed by atoms with Gasteiger partial charge in [0.05, 0.1) is 18.2 Å². The second-order valence-corrected chi connectivity index (χ2v) is 17.6. The van der Waals surface area contributed by atoms with Gasteiger partial charge in [-0.15, -0.1) is 6.58 Å². The van der Waals surface area contributed by atoms with Gasteiger partial charge in [-0.05, 0) is 86.6 Å². The van der Waals surface area contributed by atoms with E-state index in [4.69, 9.17) is 24.2 Å². The summed E-state index contributed by atoms with van der Waals surface area (Å²) in [5, 5.41) is 27.5. The number of hydrogen-bond donors (Lipinski definition) is 3. The number of aliphatic hydroxyl groups excluding tert-OH is 2. The zero-order chi connectivity index (χ0) is 44.9. The third kappa shape index (κ3) is 13.4. The molecule has 1 fully saturated rings. The molecule has 3 N–H and O–H groups in total. The highest BCUT2D eigenvalue weighted by Gasteiger charge is 2.65. The number of benzene rings is 2. The molecule has 3 aliphatic rings. The molecule has 5 rings (SSSR count). The summed E-state index contributed by atoms with van der Waals surface area (Å²) in [6.07, 6.45) is 20.3. The predicted molar refractivity (Wildman–Crippen MR) is 250 cm³/mol. The van der Waals surface area contributed by atoms with Gasteiger partial charge in [-0.2, -0.15) is 0 Å². The van der Waals surface area contributed by atoms with Crippen LogP contribution in [0.1, 0.15) is 153 Å². The topological polar surface area (TPSA) is 139 Å². The maximum atomic E-state index is 14.7. The van der Waals surface area contributed by atoms with Crippen molar-refractivity contribution in [1.82, 2.24) is 10.2 Å². The molecule has 1 aliphatic heterocycles. The van der Waals surface area contributed by atoms with Gasteiger partial charge in [0.25, 0.3) is 0 Å². The SMILES string of the molecule is C=CCOC12Oc3ccc(OC(=O)NCc4ccccc4)cc3C3C(CCCCO)C(CCCCO)C=C(C(=NOCC)CC1N(CCC)C(=O)CCCCCCCCCCC)C32. The number of carbonyl (C=O) groups excluding carboxylic acids is 2. The van der Waals surface area contributed by atoms with E-state index in [1.54, 1.807) is 12.1 Å². The second-order valence-electron chi connectivity index (χ2n) is 17.6. The summed E-state index contributed by atoms with van der Waals surface area (Å²) in [5.74, 6) is -0.685. The van der Waals surface area contributed by atoms with Crippen LogP contribution in [-0.2, 0) is 20.9 Å². The number of oxime groups is 1. The Hall–Kier alpha value is -4.19. The maximum absolute atomic E-state index is 14.7. The van der Waals surface area contributed by atoms with Crippen LogP contribution in [0.3, 0.4) is 0 Å². The van der Waals surface area contributed by atoms with Crippen LogP contribution < -0.4 is 14.8 Å². The summed E-state index contributed by atoms with van der Waals surface area (Å²) < 4.78 is 20.4. The van der Waals surface area contributed by atoms with Crippen LogP contribution in [0.2, 0.25) is 0 Å². The summed E-state index contributed by atoms with van der Waals surface area (Å²) in [5.41, 5.74) is 3.63. The Labute approximate surface area is 377 Å². The molecule has 1 saturated carbocycles. The van der Waals surface area contributed by atoms with Crippen molar-refractivity contribution in [3.8, 4) is 11.5 Å². The normalized spacial score (nSPS) is 22.9. The van der Waals surface area contributed by atoms with E-state index < -0.39 is 23.8 Å². The van der Waals surface area contributed by atoms with Crippen LogP contribution in [0.4, 0.5) is 4.79 Å². The van der Waals surface area contributed by atoms with Crippen molar-refractivity contribution in [1.29, 1.82) is 0 Å². The molecule has 11 nitrogen and oxygen atoms in total. The fourth-order valence-electron chi connectivity index (χ4n) is 10.2. The smallest absolute Gasteiger partial charge is 0.412 e. The number of amides is 2. The third-order valence-corrected chi connectivity index (χ3v) is 13.1. The first-order chi connectivity index (χ1) is 30.8. The molecule has 0 spiro atoms. The van der Waals surface area contributed by atoms with Gasteiger partial charge < -0.3 is 39.5 Å². The lowest BCUT2D eigenvalue weighted by atomic mass is 9.55. The molecule has 2 aromatic rings. The molecule has 0 bridgehead atoms. The molecule has 2 amide bonds. The van der Waals surface area contributed by atoms with Crippen molar-refractivity contribution in [2.24, 2.45) is 22.9 Å². The average Bonchev–Trinajstić information content (AvgIpc) is 3.29. The van der Waals surface area contributed by atoms with Crippen molar-refractivity contribution in [3.63, 3.8) is 0 Å². The zero-order valence-electron chi connectivity index (χ0n) is 38.6. The molecule has 2 aliphatic carbocycles. The van der Waals surface area contributed by atoms with Gasteiger partial charge in [0.1, 0.15) is 24.1 Å². The summed E-state index contributed by atoms with van der Waals surface area (Å²) in [4.78, 5) is 35.8. The minimum absolute atomic E-state index is 0.0601. The number of ether oxygens (including phenoxy) is 3. The van der Waals surface area contributed by atoms with E-state index in [9.17, 15) is 19.8 Å². The number of allylic oxidation sites excluding steroid dienone is 1. The van der Waals surface area contributed by atoms with Crippen LogP contribution in [-0.4, -0.2) is 77.6 Å². The molecule has 6 unspecified atom stereocenters. The Morgan fingerprint density at radius 2 is 1.62 bits per heavy atom. The van der Waals surface area contributed by atoms with Crippen LogP contribution in [0.5, 0.6) is 11.5 Å². The number of hydrogen-bond acceptors (Lipinski definition) is 9. The van der Waals surface area contributed by atoms with E-state index in [2.05, 4.69) is 31.8 Å². The van der Waals surface area contributed by atoms with E-state index in [1.165, 1.54) is 38.5 Å². The first kappa shape index (κ1) is 49.8. The van der Waals surface area contributed by atoms with Crippen molar-refractivity contribution in [3.05, 3.63) is 84.0 Å². The first-order valence-electron chi connectivity index (χ1n) is 24.3. The molecule has 6 atom stereocenters. The van der Waals surface area contributed by atoms with Crippen LogP contribution in [0.25, 0.3) is 0 Å². The van der Waals surface area contributed by atoms with E-state index in [-0.39, 0.29) is 43.5 Å². The molecule has 0 saturated heterocycles. The molecular weight excluding hydrogens is 795 g/mol. The minimum atomic E-state index is -1.31. The Kier molecular flexibility index (Phi) is 21.0. The van der Waals surface area contributed by atoms with Crippen molar-refractivity contribution < 1.29 is 38.9 Å². The Morgan fingerprint density at radius 1 is 0.905 bits per heavy atom. The Morgan fingerprint density at radius 3 is 2.30 bits per heavy atom. The van der Waals surface area contributed by atoms with Crippen molar-refractivity contribution >= 4 is 17.7 Å². The van der Waals surface area contributed by atoms with Crippen LogP contribution >= 0.6 is 0 Å². The fourth-order valence-corrected chi connectivity index (χ4v) is 10.2. The molecular formula is C52H77N3O8. The lowest BCUT2D eigenvalue weighted by Gasteiger charge is -2.60. The summed E-state index contributed by atoms with van der Waals surface area (Å²) in [6.45, 7) is 12.0. The zero-order valence-corrected chi connectivity index (χ0v) is 38.6. The molecule has 1 heterocycles. The minimum Gasteiger partial charge on any atom is -0.459 e. The molecule has 11 heteroatoms. The molecule has 0 radical (unpaired) electrons. The van der Waals surface area contributed by atoms with Crippen LogP contribution in [0.15, 0.2) is 78.0 Å². The van der Waals surface area contributed by atoms with Gasteiger partial charge in [0.2, 0.25) is 11.7 Å². The fraction of sp³-hybridized carbons (Fsp3) is 0.635. The van der Waals surface area contributed by atoms with Gasteiger partial charge in [-0.25, -0.2) is 4.79 Å². The Balaban J connectivity index is 1.58. The molecule has 348 valence electrons. The van der Waals surface area contributed by atoms with E-state index in [1.807, 2.05) is 54.3 Å². The first-order valence-corrected chi connectivity index (χ1v) is 24.3. The number of rotatable bonds is 29. The van der Waals surface area contributed by atoms with Gasteiger partial charge in [0.15, 0.2) is 0 Å². The highest BCUT2D eigenvalue weighted by Crippen LogP contribution is 2.62. The second kappa shape index (κ2) is 26.6. The Bertz CT molecular complexity index is 1770. The summed E-state index contributed by atoms with van der Waals surface area (Å²) in [7, 11) is 0. The molecule has 0 aromatic heterocycles. The number of carbonyl (C=O) groups is 2. The lowest BCUT2D eigenvalue weighted by molar-refractivity contribution is -0.257. The predicted octanol–water partition coefficient (Wildman–Crippen LogP) is 10.8. The third-order valence-electron chi connectivity index (χ3n) is 13.1. The number of fused-ring (bicyclic) bond motifs is 2. The average molecular weight is 872 g/mol. The number of nitrogens with one attached hydrogen (secondary N) is 1. The van der Waals surface area contributed by atoms with Crippen LogP contribution in [0, 0.1) is 17.8 Å². The van der Waals surface area contributed by atoms with E-state index >= 15 is 0 Å². The summed E-state index contributed by atoms with van der Waals surface area (Å²) >= 11 is 0. The summed E-state index contributed by atoms with van der Waals surface area (Å²) in [6, 6.07) is 14.7. The lowest BCUT2D eigenvalue weighted by Crippen LogP contribution is -2.70. The van der Waals surface area contributed by atoms with Gasteiger partial charge >= 0.3 is 6.09 Å². The number of unbranched alkanes of at least 4 members (excludes halogenated alkanes) is 10. The molecule has 63 heavy (non-hydrogen) atoms. The molecule has 2 aromatic carbocycles. The van der Waals surface area contributed by atoms with Crippen molar-refractivity contribution in [2.75, 3.05) is 33.0 Å². The number of aliphatic hydroxyl groups is 2. The monoisotopic (exact) mass is 872 g/mol. The highest BCUT2D eigenvalue weighted by molar-refractivity contribution is 6.03. The quantitative estimate of drug-likeness (QED) is 0.0417. The standard InChI is InChI=1S/C52H77N3O8/c1-5-9-10-11-12-13-14-15-19-28-48(58)55(31-6-2)47-37-45(54-61-8-4)43-35-40(26-20-22-32-56)42(27-21-23-33-57)49-44-36-41(62-51(59)53-38-39-24-17-16-18-25-39)29-30-46(44)63-52(47,50(43)49)60-34-7-3/h7,16-18,24-25,29-30,35-36,40,42,47,49-50,56-57H,3,5-6,8-15,19-23,26-28,31-34,37-38H2,1-2,4H3,(H,53,59). The van der Waals surface area contributed by atoms with Gasteiger partial charge in [0, 0.05) is 50.6 Å². The maximum Gasteiger partial charge on any atom is 0.412 e. The van der Waals surface area contributed by atoms with E-state index in [0.29, 0.717) is 56.9 Å². The number of nitrogens with zero attached hydrogens (tertiary/aromatic N) is 2.